The zero-order valence-corrected chi connectivity index (χ0v) is 24.8. The van der Waals surface area contributed by atoms with Crippen LogP contribution in [0.5, 0.6) is 11.5 Å². The highest BCUT2D eigenvalue weighted by Gasteiger charge is 2.72. The molecule has 3 heterocycles. The number of H-pyrrole nitrogens is 1. The third-order valence-electron chi connectivity index (χ3n) is 10.6. The lowest BCUT2D eigenvalue weighted by Gasteiger charge is -2.62. The maximum atomic E-state index is 13.1. The fourth-order valence-corrected chi connectivity index (χ4v) is 8.58. The normalized spacial score (nSPS) is 28.8. The second-order valence-electron chi connectivity index (χ2n) is 13.5. The molecule has 2 fully saturated rings. The number of ether oxygens (including phenoxy) is 1. The van der Waals surface area contributed by atoms with Crippen molar-refractivity contribution in [3.8, 4) is 17.7 Å². The van der Waals surface area contributed by atoms with Crippen LogP contribution in [0.2, 0.25) is 0 Å². The number of guanidine groups is 1. The van der Waals surface area contributed by atoms with E-state index in [9.17, 15) is 15.5 Å². The van der Waals surface area contributed by atoms with Gasteiger partial charge in [0.2, 0.25) is 5.96 Å². The van der Waals surface area contributed by atoms with E-state index in [1.807, 2.05) is 38.5 Å². The quantitative estimate of drug-likeness (QED) is 0.0944. The van der Waals surface area contributed by atoms with E-state index in [4.69, 9.17) is 4.74 Å². The van der Waals surface area contributed by atoms with Crippen LogP contribution in [-0.4, -0.2) is 82.9 Å². The topological polar surface area (TPSA) is 132 Å². The second kappa shape index (κ2) is 9.61. The molecule has 10 nitrogen and oxygen atoms in total. The SMILES string of the molecule is CN(C)CCCN=C(NC#N)Nc1ccc2[nH]c3c(c2c1)C[C@@]1(O)[C@@H]2Cc4ccc(O)c5c4[C@@]1(CCN2CC1CC1)[C@H]3O5. The fourth-order valence-electron chi connectivity index (χ4n) is 8.58. The number of nitriles is 1. The Bertz CT molecular complexity index is 1690. The van der Waals surface area contributed by atoms with E-state index >= 15 is 0 Å². The van der Waals surface area contributed by atoms with E-state index in [1.54, 1.807) is 6.07 Å². The molecule has 1 saturated heterocycles. The van der Waals surface area contributed by atoms with E-state index in [2.05, 4.69) is 36.5 Å². The lowest BCUT2D eigenvalue weighted by molar-refractivity contribution is -0.173. The smallest absolute Gasteiger partial charge is 0.209 e. The molecule has 10 heteroatoms. The Morgan fingerprint density at radius 2 is 2.14 bits per heavy atom. The summed E-state index contributed by atoms with van der Waals surface area (Å²) >= 11 is 0. The zero-order valence-electron chi connectivity index (χ0n) is 24.8. The van der Waals surface area contributed by atoms with Gasteiger partial charge in [-0.2, -0.15) is 5.26 Å². The van der Waals surface area contributed by atoms with Crippen molar-refractivity contribution in [3.05, 3.63) is 52.7 Å². The Morgan fingerprint density at radius 3 is 2.93 bits per heavy atom. The summed E-state index contributed by atoms with van der Waals surface area (Å²) in [6.07, 6.45) is 7.06. The van der Waals surface area contributed by atoms with Gasteiger partial charge in [-0.15, -0.1) is 0 Å². The van der Waals surface area contributed by atoms with Crippen molar-refractivity contribution in [2.24, 2.45) is 10.9 Å². The number of phenolic OH excluding ortho intramolecular Hbond substituents is 1. The van der Waals surface area contributed by atoms with Crippen molar-refractivity contribution in [1.29, 1.82) is 5.26 Å². The number of hydrogen-bond acceptors (Lipinski definition) is 7. The number of aliphatic hydroxyl groups is 1. The number of aliphatic imine (C=N–C) groups is 1. The molecule has 2 bridgehead atoms. The molecular formula is C33H39N7O3. The first-order valence-electron chi connectivity index (χ1n) is 15.6. The Morgan fingerprint density at radius 1 is 1.28 bits per heavy atom. The summed E-state index contributed by atoms with van der Waals surface area (Å²) in [5.41, 5.74) is 4.40. The van der Waals surface area contributed by atoms with Crippen molar-refractivity contribution in [2.45, 2.75) is 61.7 Å². The molecule has 5 aliphatic rings. The molecule has 1 saturated carbocycles. The number of benzene rings is 2. The molecule has 0 unspecified atom stereocenters. The number of likely N-dealkylation sites (tertiary alicyclic amines) is 1. The van der Waals surface area contributed by atoms with E-state index in [0.717, 1.165) is 78.2 Å². The molecule has 0 radical (unpaired) electrons. The number of fused-ring (bicyclic) bond motifs is 4. The molecule has 4 atom stereocenters. The highest BCUT2D eigenvalue weighted by atomic mass is 16.5. The first-order valence-corrected chi connectivity index (χ1v) is 15.6. The standard InChI is InChI=1S/C33H39N7O3/c1-39(2)12-3-11-35-31(36-18-34)37-21-7-8-24-22(15-21)23-16-33(42)26-14-20-6-9-25(41)29-27(20)32(33,30(43-29)28(23)38-24)10-13-40(26)17-19-4-5-19/h6-9,15,19,26,30,38,41-42H,3-5,10-14,16-17H2,1-2H3,(H2,35,36,37)/t26-,30-,32-,33+/m0/s1. The van der Waals surface area contributed by atoms with Gasteiger partial charge in [-0.3, -0.25) is 15.2 Å². The van der Waals surface area contributed by atoms with Crippen LogP contribution in [0, 0.1) is 17.4 Å². The van der Waals surface area contributed by atoms with Crippen molar-refractivity contribution in [3.63, 3.8) is 0 Å². The first-order chi connectivity index (χ1) is 20.8. The van der Waals surface area contributed by atoms with Crippen LogP contribution in [0.15, 0.2) is 35.3 Å². The Kier molecular flexibility index (Phi) is 5.99. The highest BCUT2D eigenvalue weighted by Crippen LogP contribution is 2.69. The summed E-state index contributed by atoms with van der Waals surface area (Å²) in [6.45, 7) is 3.47. The summed E-state index contributed by atoms with van der Waals surface area (Å²) in [5.74, 6) is 1.83. The maximum Gasteiger partial charge on any atom is 0.209 e. The van der Waals surface area contributed by atoms with Crippen LogP contribution in [0.25, 0.3) is 10.9 Å². The van der Waals surface area contributed by atoms with E-state index in [-0.39, 0.29) is 11.8 Å². The van der Waals surface area contributed by atoms with Crippen LogP contribution >= 0.6 is 0 Å². The number of aromatic amines is 1. The molecule has 0 amide bonds. The van der Waals surface area contributed by atoms with Gasteiger partial charge in [-0.25, -0.2) is 0 Å². The number of nitrogens with zero attached hydrogens (tertiary/aromatic N) is 4. The summed E-state index contributed by atoms with van der Waals surface area (Å²) in [7, 11) is 4.06. The van der Waals surface area contributed by atoms with Gasteiger partial charge in [-0.1, -0.05) is 6.07 Å². The molecule has 1 spiro atoms. The third kappa shape index (κ3) is 3.91. The van der Waals surface area contributed by atoms with Gasteiger partial charge < -0.3 is 30.2 Å². The van der Waals surface area contributed by atoms with Gasteiger partial charge in [0.05, 0.1) is 16.7 Å². The predicted molar refractivity (Wildman–Crippen MR) is 164 cm³/mol. The van der Waals surface area contributed by atoms with E-state index in [1.165, 1.54) is 18.4 Å². The average molecular weight is 582 g/mol. The van der Waals surface area contributed by atoms with Crippen molar-refractivity contribution in [1.82, 2.24) is 20.1 Å². The highest BCUT2D eigenvalue weighted by molar-refractivity contribution is 5.97. The molecule has 8 rings (SSSR count). The number of piperidine rings is 1. The lowest BCUT2D eigenvalue weighted by Crippen LogP contribution is -2.74. The molecule has 2 aliphatic heterocycles. The molecule has 2 aromatic carbocycles. The van der Waals surface area contributed by atoms with Gasteiger partial charge in [0.25, 0.3) is 0 Å². The molecule has 3 aliphatic carbocycles. The van der Waals surface area contributed by atoms with Crippen LogP contribution in [0.1, 0.15) is 54.2 Å². The molecule has 224 valence electrons. The minimum Gasteiger partial charge on any atom is -0.504 e. The Hall–Kier alpha value is -3.78. The second-order valence-corrected chi connectivity index (χ2v) is 13.5. The monoisotopic (exact) mass is 581 g/mol. The van der Waals surface area contributed by atoms with Gasteiger partial charge in [0.15, 0.2) is 23.8 Å². The molecule has 1 aromatic heterocycles. The fraction of sp³-hybridized carbons (Fsp3) is 0.515. The zero-order chi connectivity index (χ0) is 29.5. The van der Waals surface area contributed by atoms with Gasteiger partial charge in [0.1, 0.15) is 0 Å². The van der Waals surface area contributed by atoms with Crippen LogP contribution in [0.4, 0.5) is 5.69 Å². The summed E-state index contributed by atoms with van der Waals surface area (Å²) in [5, 5.41) is 40.3. The third-order valence-corrected chi connectivity index (χ3v) is 10.6. The number of anilines is 1. The van der Waals surface area contributed by atoms with E-state index < -0.39 is 17.1 Å². The summed E-state index contributed by atoms with van der Waals surface area (Å²) in [6, 6.07) is 9.87. The van der Waals surface area contributed by atoms with Gasteiger partial charge in [0, 0.05) is 47.7 Å². The minimum atomic E-state index is -1.04. The number of hydrogen-bond donors (Lipinski definition) is 5. The van der Waals surface area contributed by atoms with Crippen LogP contribution in [-0.2, 0) is 18.3 Å². The lowest BCUT2D eigenvalue weighted by atomic mass is 9.49. The largest absolute Gasteiger partial charge is 0.504 e. The van der Waals surface area contributed by atoms with E-state index in [0.29, 0.717) is 24.7 Å². The predicted octanol–water partition coefficient (Wildman–Crippen LogP) is 3.36. The number of aromatic hydroxyl groups is 1. The van der Waals surface area contributed by atoms with Crippen molar-refractivity contribution >= 4 is 22.5 Å². The molecule has 43 heavy (non-hydrogen) atoms. The Balaban J connectivity index is 1.20. The number of phenols is 1. The summed E-state index contributed by atoms with van der Waals surface area (Å²) < 4.78 is 6.71. The number of aromatic nitrogens is 1. The van der Waals surface area contributed by atoms with Crippen LogP contribution < -0.4 is 15.4 Å². The molecule has 3 aromatic rings. The Labute approximate surface area is 251 Å². The van der Waals surface area contributed by atoms with Gasteiger partial charge in [-0.05, 0) is 101 Å². The maximum absolute atomic E-state index is 13.1. The van der Waals surface area contributed by atoms with Crippen LogP contribution in [0.3, 0.4) is 0 Å². The van der Waals surface area contributed by atoms with Crippen molar-refractivity contribution < 1.29 is 14.9 Å². The minimum absolute atomic E-state index is 0.0175. The summed E-state index contributed by atoms with van der Waals surface area (Å²) in [4.78, 5) is 12.9. The number of nitrogens with one attached hydrogen (secondary N) is 3. The van der Waals surface area contributed by atoms with Gasteiger partial charge >= 0.3 is 0 Å². The first kappa shape index (κ1) is 26.8. The molecular weight excluding hydrogens is 542 g/mol. The molecule has 5 N–H and O–H groups in total. The van der Waals surface area contributed by atoms with Crippen molar-refractivity contribution in [2.75, 3.05) is 45.6 Å². The number of rotatable bonds is 7. The average Bonchev–Trinajstić information content (AvgIpc) is 3.62.